The molecule has 0 aromatic heterocycles. The molecule has 1 aromatic rings. The normalized spacial score (nSPS) is 10.2. The van der Waals surface area contributed by atoms with Crippen molar-refractivity contribution in [3.8, 4) is 0 Å². The summed E-state index contributed by atoms with van der Waals surface area (Å²) in [4.78, 5) is 22.9. The summed E-state index contributed by atoms with van der Waals surface area (Å²) in [5.74, 6) is -1.24. The standard InChI is InChI=1S/C13H14ClFO3/c1-2-7-18-13(17)6-5-12(16)9-3-4-11(15)10(14)8-9/h3-4,8H,2,5-7H2,1H3. The monoisotopic (exact) mass is 272 g/mol. The highest BCUT2D eigenvalue weighted by atomic mass is 35.5. The molecule has 0 aliphatic heterocycles. The van der Waals surface area contributed by atoms with Crippen molar-refractivity contribution >= 4 is 23.4 Å². The summed E-state index contributed by atoms with van der Waals surface area (Å²) >= 11 is 5.57. The topological polar surface area (TPSA) is 43.4 Å². The summed E-state index contributed by atoms with van der Waals surface area (Å²) in [7, 11) is 0. The second-order valence-corrected chi connectivity index (χ2v) is 4.18. The average molecular weight is 273 g/mol. The van der Waals surface area contributed by atoms with Crippen molar-refractivity contribution in [2.75, 3.05) is 6.61 Å². The zero-order chi connectivity index (χ0) is 13.5. The smallest absolute Gasteiger partial charge is 0.306 e. The molecule has 18 heavy (non-hydrogen) atoms. The third kappa shape index (κ3) is 4.45. The van der Waals surface area contributed by atoms with Crippen LogP contribution in [0, 0.1) is 5.82 Å². The number of hydrogen-bond donors (Lipinski definition) is 0. The Hall–Kier alpha value is -1.42. The Morgan fingerprint density at radius 2 is 2.06 bits per heavy atom. The first kappa shape index (κ1) is 14.6. The molecule has 5 heteroatoms. The van der Waals surface area contributed by atoms with E-state index < -0.39 is 11.8 Å². The largest absolute Gasteiger partial charge is 0.466 e. The summed E-state index contributed by atoms with van der Waals surface area (Å²) in [6, 6.07) is 3.74. The average Bonchev–Trinajstić information content (AvgIpc) is 2.36. The van der Waals surface area contributed by atoms with Crippen LogP contribution in [-0.4, -0.2) is 18.4 Å². The number of hydrogen-bond acceptors (Lipinski definition) is 3. The molecule has 0 heterocycles. The van der Waals surface area contributed by atoms with Gasteiger partial charge in [0, 0.05) is 12.0 Å². The molecule has 0 atom stereocenters. The molecule has 0 unspecified atom stereocenters. The van der Waals surface area contributed by atoms with Gasteiger partial charge in [0.05, 0.1) is 18.1 Å². The SMILES string of the molecule is CCCOC(=O)CCC(=O)c1ccc(F)c(Cl)c1. The third-order valence-electron chi connectivity index (χ3n) is 2.26. The van der Waals surface area contributed by atoms with E-state index in [9.17, 15) is 14.0 Å². The first-order valence-electron chi connectivity index (χ1n) is 5.68. The fourth-order valence-corrected chi connectivity index (χ4v) is 1.50. The van der Waals surface area contributed by atoms with Gasteiger partial charge in [-0.2, -0.15) is 0 Å². The van der Waals surface area contributed by atoms with E-state index in [1.807, 2.05) is 6.92 Å². The van der Waals surface area contributed by atoms with Gasteiger partial charge in [0.25, 0.3) is 0 Å². The Kier molecular flexibility index (Phi) is 5.78. The van der Waals surface area contributed by atoms with E-state index in [2.05, 4.69) is 0 Å². The lowest BCUT2D eigenvalue weighted by Crippen LogP contribution is -2.08. The predicted octanol–water partition coefficient (Wildman–Crippen LogP) is 3.40. The number of ether oxygens (including phenoxy) is 1. The van der Waals surface area contributed by atoms with Crippen LogP contribution in [0.25, 0.3) is 0 Å². The van der Waals surface area contributed by atoms with Gasteiger partial charge in [0.15, 0.2) is 5.78 Å². The number of ketones is 1. The molecule has 0 amide bonds. The van der Waals surface area contributed by atoms with Gasteiger partial charge in [0.1, 0.15) is 5.82 Å². The zero-order valence-electron chi connectivity index (χ0n) is 10.0. The quantitative estimate of drug-likeness (QED) is 0.589. The van der Waals surface area contributed by atoms with E-state index in [-0.39, 0.29) is 23.6 Å². The summed E-state index contributed by atoms with van der Waals surface area (Å²) in [6.45, 7) is 2.24. The van der Waals surface area contributed by atoms with Crippen LogP contribution >= 0.6 is 11.6 Å². The van der Waals surface area contributed by atoms with Crippen LogP contribution in [0.15, 0.2) is 18.2 Å². The fraction of sp³-hybridized carbons (Fsp3) is 0.385. The van der Waals surface area contributed by atoms with Gasteiger partial charge in [-0.05, 0) is 24.6 Å². The summed E-state index contributed by atoms with van der Waals surface area (Å²) in [5, 5.41) is -0.102. The second kappa shape index (κ2) is 7.11. The molecule has 0 saturated carbocycles. The van der Waals surface area contributed by atoms with Crippen LogP contribution < -0.4 is 0 Å². The van der Waals surface area contributed by atoms with Crippen molar-refractivity contribution in [2.24, 2.45) is 0 Å². The Labute approximate surface area is 110 Å². The van der Waals surface area contributed by atoms with Crippen molar-refractivity contribution < 1.29 is 18.7 Å². The number of carbonyl (C=O) groups is 2. The van der Waals surface area contributed by atoms with E-state index in [0.29, 0.717) is 12.2 Å². The molecule has 0 aliphatic rings. The van der Waals surface area contributed by atoms with Crippen LogP contribution in [0.2, 0.25) is 5.02 Å². The number of carbonyl (C=O) groups excluding carboxylic acids is 2. The maximum absolute atomic E-state index is 12.9. The zero-order valence-corrected chi connectivity index (χ0v) is 10.8. The lowest BCUT2D eigenvalue weighted by molar-refractivity contribution is -0.143. The van der Waals surface area contributed by atoms with Gasteiger partial charge in [0.2, 0.25) is 0 Å². The molecule has 0 saturated heterocycles. The fourth-order valence-electron chi connectivity index (χ4n) is 1.32. The van der Waals surface area contributed by atoms with E-state index in [1.54, 1.807) is 0 Å². The highest BCUT2D eigenvalue weighted by Gasteiger charge is 2.11. The molecular formula is C13H14ClFO3. The van der Waals surface area contributed by atoms with Crippen LogP contribution in [0.5, 0.6) is 0 Å². The van der Waals surface area contributed by atoms with E-state index >= 15 is 0 Å². The Morgan fingerprint density at radius 3 is 2.67 bits per heavy atom. The third-order valence-corrected chi connectivity index (χ3v) is 2.55. The van der Waals surface area contributed by atoms with Crippen LogP contribution in [0.3, 0.4) is 0 Å². The molecule has 98 valence electrons. The minimum absolute atomic E-state index is 0.0217. The molecule has 0 aliphatic carbocycles. The van der Waals surface area contributed by atoms with Gasteiger partial charge < -0.3 is 4.74 Å². The van der Waals surface area contributed by atoms with E-state index in [4.69, 9.17) is 16.3 Å². The Morgan fingerprint density at radius 1 is 1.33 bits per heavy atom. The Balaban J connectivity index is 2.50. The lowest BCUT2D eigenvalue weighted by Gasteiger charge is -2.03. The van der Waals surface area contributed by atoms with Gasteiger partial charge in [-0.3, -0.25) is 9.59 Å². The molecule has 1 rings (SSSR count). The predicted molar refractivity (Wildman–Crippen MR) is 66.2 cm³/mol. The number of benzene rings is 1. The minimum atomic E-state index is -0.574. The first-order valence-corrected chi connectivity index (χ1v) is 6.06. The molecule has 1 aromatic carbocycles. The molecular weight excluding hydrogens is 259 g/mol. The van der Waals surface area contributed by atoms with Gasteiger partial charge in [-0.25, -0.2) is 4.39 Å². The van der Waals surface area contributed by atoms with E-state index in [1.165, 1.54) is 12.1 Å². The van der Waals surface area contributed by atoms with Crippen molar-refractivity contribution in [3.63, 3.8) is 0 Å². The molecule has 0 spiro atoms. The maximum Gasteiger partial charge on any atom is 0.306 e. The van der Waals surface area contributed by atoms with Crippen molar-refractivity contribution in [3.05, 3.63) is 34.6 Å². The highest BCUT2D eigenvalue weighted by Crippen LogP contribution is 2.17. The lowest BCUT2D eigenvalue weighted by atomic mass is 10.1. The van der Waals surface area contributed by atoms with Crippen LogP contribution in [0.1, 0.15) is 36.5 Å². The molecule has 0 fully saturated rings. The summed E-state index contributed by atoms with van der Waals surface area (Å²) in [6.07, 6.45) is 0.797. The minimum Gasteiger partial charge on any atom is -0.466 e. The molecule has 0 radical (unpaired) electrons. The number of rotatable bonds is 6. The molecule has 3 nitrogen and oxygen atoms in total. The number of halogens is 2. The van der Waals surface area contributed by atoms with Crippen molar-refractivity contribution in [2.45, 2.75) is 26.2 Å². The molecule has 0 N–H and O–H groups in total. The van der Waals surface area contributed by atoms with Crippen molar-refractivity contribution in [1.82, 2.24) is 0 Å². The number of Topliss-reactive ketones (excluding diaryl/α,β-unsaturated/α-hetero) is 1. The first-order chi connectivity index (χ1) is 8.54. The maximum atomic E-state index is 12.9. The van der Waals surface area contributed by atoms with Crippen molar-refractivity contribution in [1.29, 1.82) is 0 Å². The van der Waals surface area contributed by atoms with Crippen LogP contribution in [0.4, 0.5) is 4.39 Å². The number of esters is 1. The summed E-state index contributed by atoms with van der Waals surface area (Å²) < 4.78 is 17.7. The van der Waals surface area contributed by atoms with Gasteiger partial charge >= 0.3 is 5.97 Å². The highest BCUT2D eigenvalue weighted by molar-refractivity contribution is 6.31. The second-order valence-electron chi connectivity index (χ2n) is 3.77. The Bertz CT molecular complexity index is 446. The molecule has 0 bridgehead atoms. The van der Waals surface area contributed by atoms with E-state index in [0.717, 1.165) is 12.5 Å². The van der Waals surface area contributed by atoms with Gasteiger partial charge in [-0.1, -0.05) is 18.5 Å². The summed E-state index contributed by atoms with van der Waals surface area (Å²) in [5.41, 5.74) is 0.296. The van der Waals surface area contributed by atoms with Gasteiger partial charge in [-0.15, -0.1) is 0 Å². The van der Waals surface area contributed by atoms with Crippen LogP contribution in [-0.2, 0) is 9.53 Å².